The predicted molar refractivity (Wildman–Crippen MR) is 96.5 cm³/mol. The molecule has 1 aromatic carbocycles. The van der Waals surface area contributed by atoms with Crippen molar-refractivity contribution in [3.8, 4) is 5.75 Å². The summed E-state index contributed by atoms with van der Waals surface area (Å²) in [6.07, 6.45) is 2.95. The summed E-state index contributed by atoms with van der Waals surface area (Å²) >= 11 is 0. The van der Waals surface area contributed by atoms with Gasteiger partial charge in [0.15, 0.2) is 5.78 Å². The minimum Gasteiger partial charge on any atom is -0.507 e. The van der Waals surface area contributed by atoms with Crippen LogP contribution in [0.15, 0.2) is 23.3 Å². The first-order valence-corrected chi connectivity index (χ1v) is 9.03. The molecule has 0 aromatic heterocycles. The topological polar surface area (TPSA) is 77.8 Å². The molecule has 2 aliphatic rings. The van der Waals surface area contributed by atoms with Crippen molar-refractivity contribution in [1.29, 1.82) is 0 Å². The van der Waals surface area contributed by atoms with Gasteiger partial charge in [0.1, 0.15) is 5.75 Å². The summed E-state index contributed by atoms with van der Waals surface area (Å²) in [6, 6.07) is 3.83. The second kappa shape index (κ2) is 5.96. The van der Waals surface area contributed by atoms with Crippen LogP contribution in [-0.2, 0) is 22.2 Å². The lowest BCUT2D eigenvalue weighted by atomic mass is 9.56. The second-order valence-corrected chi connectivity index (χ2v) is 8.27. The lowest BCUT2D eigenvalue weighted by molar-refractivity contribution is -0.114. The number of aliphatic hydroxyl groups is 2. The summed E-state index contributed by atoms with van der Waals surface area (Å²) in [5.41, 5.74) is 2.89. The van der Waals surface area contributed by atoms with Crippen LogP contribution in [0.1, 0.15) is 63.6 Å². The molecule has 0 amide bonds. The highest BCUT2D eigenvalue weighted by molar-refractivity contribution is 5.94. The van der Waals surface area contributed by atoms with Crippen LogP contribution in [0.4, 0.5) is 0 Å². The second-order valence-electron chi connectivity index (χ2n) is 8.27. The monoisotopic (exact) mass is 344 g/mol. The van der Waals surface area contributed by atoms with Gasteiger partial charge in [-0.15, -0.1) is 0 Å². The normalized spacial score (nSPS) is 26.2. The van der Waals surface area contributed by atoms with Crippen molar-refractivity contribution in [2.24, 2.45) is 5.92 Å². The molecule has 0 bridgehead atoms. The van der Waals surface area contributed by atoms with Gasteiger partial charge in [-0.25, -0.2) is 0 Å². The number of phenols is 1. The molecule has 1 aromatic rings. The Kier molecular flexibility index (Phi) is 4.33. The van der Waals surface area contributed by atoms with Crippen molar-refractivity contribution in [3.05, 3.63) is 40.0 Å². The molecule has 2 aliphatic carbocycles. The van der Waals surface area contributed by atoms with E-state index in [4.69, 9.17) is 0 Å². The number of hydrogen-bond acceptors (Lipinski definition) is 4. The van der Waals surface area contributed by atoms with E-state index in [9.17, 15) is 20.1 Å². The van der Waals surface area contributed by atoms with Crippen molar-refractivity contribution in [1.82, 2.24) is 0 Å². The lowest BCUT2D eigenvalue weighted by Gasteiger charge is -2.48. The highest BCUT2D eigenvalue weighted by atomic mass is 16.3. The number of phenolic OH excluding ortho intramolecular Hbond substituents is 1. The molecule has 0 aliphatic heterocycles. The van der Waals surface area contributed by atoms with Crippen LogP contribution < -0.4 is 0 Å². The van der Waals surface area contributed by atoms with Gasteiger partial charge in [-0.1, -0.05) is 19.1 Å². The van der Waals surface area contributed by atoms with E-state index in [-0.39, 0.29) is 29.5 Å². The molecule has 2 atom stereocenters. The number of rotatable bonds is 3. The Morgan fingerprint density at radius 3 is 2.56 bits per heavy atom. The molecule has 4 heteroatoms. The SMILES string of the molecule is CC(=O)C1=C(CO)C2CCc3c(ccc(C(C)(C)O)c3O)C2(C)CC1. The van der Waals surface area contributed by atoms with E-state index in [0.717, 1.165) is 35.1 Å². The smallest absolute Gasteiger partial charge is 0.155 e. The fourth-order valence-electron chi connectivity index (χ4n) is 4.94. The van der Waals surface area contributed by atoms with Crippen LogP contribution in [-0.4, -0.2) is 27.7 Å². The third kappa shape index (κ3) is 2.72. The maximum atomic E-state index is 12.0. The van der Waals surface area contributed by atoms with Gasteiger partial charge >= 0.3 is 0 Å². The molecule has 0 saturated heterocycles. The molecular weight excluding hydrogens is 316 g/mol. The van der Waals surface area contributed by atoms with E-state index >= 15 is 0 Å². The van der Waals surface area contributed by atoms with Crippen molar-refractivity contribution in [3.63, 3.8) is 0 Å². The molecule has 0 radical (unpaired) electrons. The van der Waals surface area contributed by atoms with Crippen LogP contribution in [0.5, 0.6) is 5.75 Å². The summed E-state index contributed by atoms with van der Waals surface area (Å²) in [4.78, 5) is 12.0. The largest absolute Gasteiger partial charge is 0.507 e. The summed E-state index contributed by atoms with van der Waals surface area (Å²) < 4.78 is 0. The van der Waals surface area contributed by atoms with Crippen LogP contribution in [0, 0.1) is 5.92 Å². The van der Waals surface area contributed by atoms with E-state index in [1.807, 2.05) is 12.1 Å². The average molecular weight is 344 g/mol. The summed E-state index contributed by atoms with van der Waals surface area (Å²) in [5.74, 6) is 0.360. The molecule has 0 spiro atoms. The van der Waals surface area contributed by atoms with Gasteiger partial charge in [-0.05, 0) is 80.1 Å². The molecule has 0 heterocycles. The van der Waals surface area contributed by atoms with Crippen molar-refractivity contribution >= 4 is 5.78 Å². The quantitative estimate of drug-likeness (QED) is 0.787. The van der Waals surface area contributed by atoms with Crippen LogP contribution in [0.25, 0.3) is 0 Å². The summed E-state index contributed by atoms with van der Waals surface area (Å²) in [5, 5.41) is 31.0. The Morgan fingerprint density at radius 1 is 1.32 bits per heavy atom. The zero-order valence-corrected chi connectivity index (χ0v) is 15.5. The highest BCUT2D eigenvalue weighted by Gasteiger charge is 2.46. The van der Waals surface area contributed by atoms with Crippen molar-refractivity contribution in [2.75, 3.05) is 6.61 Å². The van der Waals surface area contributed by atoms with Crippen molar-refractivity contribution < 1.29 is 20.1 Å². The standard InChI is InChI=1S/C21H28O4/c1-12(23)13-9-10-21(4)16-7-8-18(20(2,3)25)19(24)14(16)5-6-17(21)15(13)11-22/h7-8,17,22,24-25H,5-6,9-11H2,1-4H3. The number of benzene rings is 1. The van der Waals surface area contributed by atoms with E-state index in [1.165, 1.54) is 0 Å². The van der Waals surface area contributed by atoms with Crippen LogP contribution >= 0.6 is 0 Å². The molecular formula is C21H28O4. The zero-order valence-electron chi connectivity index (χ0n) is 15.5. The number of Topliss-reactive ketones (excluding diaryl/α,β-unsaturated/α-hetero) is 1. The third-order valence-corrected chi connectivity index (χ3v) is 6.31. The number of fused-ring (bicyclic) bond motifs is 3. The average Bonchev–Trinajstić information content (AvgIpc) is 2.52. The molecule has 136 valence electrons. The maximum Gasteiger partial charge on any atom is 0.155 e. The van der Waals surface area contributed by atoms with Crippen molar-refractivity contribution in [2.45, 2.75) is 64.4 Å². The fraction of sp³-hybridized carbons (Fsp3) is 0.571. The van der Waals surface area contributed by atoms with Gasteiger partial charge in [0.25, 0.3) is 0 Å². The number of allylic oxidation sites excluding steroid dienone is 1. The van der Waals surface area contributed by atoms with Gasteiger partial charge in [-0.3, -0.25) is 4.79 Å². The van der Waals surface area contributed by atoms with E-state index in [2.05, 4.69) is 6.92 Å². The molecule has 4 nitrogen and oxygen atoms in total. The molecule has 25 heavy (non-hydrogen) atoms. The zero-order chi connectivity index (χ0) is 18.6. The Balaban J connectivity index is 2.15. The van der Waals surface area contributed by atoms with Gasteiger partial charge in [0.05, 0.1) is 12.2 Å². The molecule has 3 rings (SSSR count). The molecule has 3 N–H and O–H groups in total. The number of carbonyl (C=O) groups excluding carboxylic acids is 1. The highest BCUT2D eigenvalue weighted by Crippen LogP contribution is 2.54. The first-order valence-electron chi connectivity index (χ1n) is 9.03. The Bertz CT molecular complexity index is 754. The first kappa shape index (κ1) is 18.2. The van der Waals surface area contributed by atoms with Crippen LogP contribution in [0.2, 0.25) is 0 Å². The fourth-order valence-corrected chi connectivity index (χ4v) is 4.94. The maximum absolute atomic E-state index is 12.0. The molecule has 0 fully saturated rings. The Hall–Kier alpha value is -1.65. The summed E-state index contributed by atoms with van der Waals surface area (Å²) in [7, 11) is 0. The van der Waals surface area contributed by atoms with Gasteiger partial charge in [0.2, 0.25) is 0 Å². The minimum atomic E-state index is -1.10. The number of hydrogen-bond donors (Lipinski definition) is 3. The van der Waals surface area contributed by atoms with E-state index in [1.54, 1.807) is 20.8 Å². The number of ketones is 1. The predicted octanol–water partition coefficient (Wildman–Crippen LogP) is 3.11. The van der Waals surface area contributed by atoms with Gasteiger partial charge in [-0.2, -0.15) is 0 Å². The minimum absolute atomic E-state index is 0.0529. The number of carbonyl (C=O) groups is 1. The Morgan fingerprint density at radius 2 is 2.00 bits per heavy atom. The number of aromatic hydroxyl groups is 1. The molecule has 0 saturated carbocycles. The first-order chi connectivity index (χ1) is 11.6. The van der Waals surface area contributed by atoms with Crippen LogP contribution in [0.3, 0.4) is 0 Å². The molecule has 2 unspecified atom stereocenters. The number of aliphatic hydroxyl groups excluding tert-OH is 1. The van der Waals surface area contributed by atoms with Gasteiger partial charge < -0.3 is 15.3 Å². The van der Waals surface area contributed by atoms with Gasteiger partial charge in [0, 0.05) is 5.56 Å². The third-order valence-electron chi connectivity index (χ3n) is 6.31. The lowest BCUT2D eigenvalue weighted by Crippen LogP contribution is -2.42. The van der Waals surface area contributed by atoms with E-state index in [0.29, 0.717) is 18.4 Å². The van der Waals surface area contributed by atoms with E-state index < -0.39 is 5.60 Å². The summed E-state index contributed by atoms with van der Waals surface area (Å²) in [6.45, 7) is 7.01. The Labute approximate surface area is 149 Å².